The number of hydrogen-bond acceptors (Lipinski definition) is 3. The van der Waals surface area contributed by atoms with Crippen molar-refractivity contribution in [2.75, 3.05) is 19.5 Å². The largest absolute Gasteiger partial charge is 0.385 e. The first-order valence-corrected chi connectivity index (χ1v) is 7.00. The Hall–Kier alpha value is -0.870. The van der Waals surface area contributed by atoms with Crippen molar-refractivity contribution in [3.63, 3.8) is 0 Å². The summed E-state index contributed by atoms with van der Waals surface area (Å²) in [5, 5.41) is 0. The van der Waals surface area contributed by atoms with Crippen LogP contribution in [0.2, 0.25) is 0 Å². The van der Waals surface area contributed by atoms with Gasteiger partial charge in [-0.15, -0.1) is 0 Å². The van der Waals surface area contributed by atoms with Gasteiger partial charge in [0.05, 0.1) is 10.6 Å². The second-order valence-electron chi connectivity index (χ2n) is 3.83. The Labute approximate surface area is 97.4 Å². The van der Waals surface area contributed by atoms with Crippen LogP contribution in [0.1, 0.15) is 18.4 Å². The molecule has 0 aliphatic heterocycles. The molecule has 1 aromatic carbocycles. The maximum Gasteiger partial charge on any atom is 0.178 e. The van der Waals surface area contributed by atoms with E-state index in [9.17, 15) is 8.42 Å². The number of ether oxygens (including phenoxy) is 1. The summed E-state index contributed by atoms with van der Waals surface area (Å²) in [6, 6.07) is 6.98. The zero-order valence-corrected chi connectivity index (χ0v) is 10.6. The van der Waals surface area contributed by atoms with E-state index >= 15 is 0 Å². The van der Waals surface area contributed by atoms with Gasteiger partial charge in [0.2, 0.25) is 0 Å². The van der Waals surface area contributed by atoms with Crippen LogP contribution in [0, 0.1) is 6.92 Å². The SMILES string of the molecule is COCCCCS(=O)(=O)c1ccc(C)cc1. The van der Waals surface area contributed by atoms with E-state index in [1.165, 1.54) is 0 Å². The van der Waals surface area contributed by atoms with Crippen LogP contribution >= 0.6 is 0 Å². The Morgan fingerprint density at radius 3 is 2.31 bits per heavy atom. The molecule has 1 rings (SSSR count). The Morgan fingerprint density at radius 1 is 1.12 bits per heavy atom. The molecule has 16 heavy (non-hydrogen) atoms. The van der Waals surface area contributed by atoms with Crippen molar-refractivity contribution in [2.24, 2.45) is 0 Å². The van der Waals surface area contributed by atoms with Crippen LogP contribution in [0.15, 0.2) is 29.2 Å². The third kappa shape index (κ3) is 3.94. The van der Waals surface area contributed by atoms with Gasteiger partial charge in [-0.25, -0.2) is 8.42 Å². The van der Waals surface area contributed by atoms with Gasteiger partial charge in [0, 0.05) is 13.7 Å². The van der Waals surface area contributed by atoms with Gasteiger partial charge in [0.1, 0.15) is 0 Å². The molecule has 0 fully saturated rings. The van der Waals surface area contributed by atoms with Crippen molar-refractivity contribution in [1.29, 1.82) is 0 Å². The summed E-state index contributed by atoms with van der Waals surface area (Å²) in [6.45, 7) is 2.55. The average molecular weight is 242 g/mol. The first kappa shape index (κ1) is 13.2. The van der Waals surface area contributed by atoms with Gasteiger partial charge in [0.25, 0.3) is 0 Å². The third-order valence-corrected chi connectivity index (χ3v) is 4.21. The number of sulfone groups is 1. The van der Waals surface area contributed by atoms with Crippen LogP contribution in [-0.4, -0.2) is 27.9 Å². The van der Waals surface area contributed by atoms with Crippen molar-refractivity contribution in [1.82, 2.24) is 0 Å². The zero-order chi connectivity index (χ0) is 12.0. The van der Waals surface area contributed by atoms with Crippen molar-refractivity contribution in [3.8, 4) is 0 Å². The maximum absolute atomic E-state index is 11.9. The molecule has 3 nitrogen and oxygen atoms in total. The van der Waals surface area contributed by atoms with E-state index in [0.717, 1.165) is 12.0 Å². The second kappa shape index (κ2) is 6.01. The Balaban J connectivity index is 2.60. The quantitative estimate of drug-likeness (QED) is 0.718. The van der Waals surface area contributed by atoms with Gasteiger partial charge >= 0.3 is 0 Å². The van der Waals surface area contributed by atoms with E-state index in [-0.39, 0.29) is 5.75 Å². The summed E-state index contributed by atoms with van der Waals surface area (Å²) in [7, 11) is -1.49. The van der Waals surface area contributed by atoms with Crippen molar-refractivity contribution in [2.45, 2.75) is 24.7 Å². The minimum atomic E-state index is -3.11. The highest BCUT2D eigenvalue weighted by Gasteiger charge is 2.13. The third-order valence-electron chi connectivity index (χ3n) is 2.39. The van der Waals surface area contributed by atoms with Gasteiger partial charge in [-0.05, 0) is 31.9 Å². The molecule has 0 N–H and O–H groups in total. The maximum atomic E-state index is 11.9. The molecule has 0 bridgehead atoms. The molecule has 0 saturated heterocycles. The molecule has 0 aliphatic carbocycles. The number of rotatable bonds is 6. The lowest BCUT2D eigenvalue weighted by atomic mass is 10.2. The fraction of sp³-hybridized carbons (Fsp3) is 0.500. The highest BCUT2D eigenvalue weighted by molar-refractivity contribution is 7.91. The van der Waals surface area contributed by atoms with Gasteiger partial charge in [0.15, 0.2) is 9.84 Å². The minimum absolute atomic E-state index is 0.194. The molecule has 1 aromatic rings. The monoisotopic (exact) mass is 242 g/mol. The van der Waals surface area contributed by atoms with Gasteiger partial charge < -0.3 is 4.74 Å². The molecular weight excluding hydrogens is 224 g/mol. The molecule has 0 atom stereocenters. The highest BCUT2D eigenvalue weighted by atomic mass is 32.2. The molecule has 0 unspecified atom stereocenters. The summed E-state index contributed by atoms with van der Waals surface area (Å²) >= 11 is 0. The molecule has 0 spiro atoms. The first-order chi connectivity index (χ1) is 7.56. The topological polar surface area (TPSA) is 43.4 Å². The lowest BCUT2D eigenvalue weighted by molar-refractivity contribution is 0.194. The van der Waals surface area contributed by atoms with Crippen LogP contribution in [0.5, 0.6) is 0 Å². The van der Waals surface area contributed by atoms with E-state index < -0.39 is 9.84 Å². The molecule has 4 heteroatoms. The van der Waals surface area contributed by atoms with E-state index in [2.05, 4.69) is 0 Å². The highest BCUT2D eigenvalue weighted by Crippen LogP contribution is 2.13. The van der Waals surface area contributed by atoms with Crippen LogP contribution in [0.25, 0.3) is 0 Å². The number of benzene rings is 1. The van der Waals surface area contributed by atoms with Crippen molar-refractivity contribution in [3.05, 3.63) is 29.8 Å². The van der Waals surface area contributed by atoms with Crippen molar-refractivity contribution < 1.29 is 13.2 Å². The van der Waals surface area contributed by atoms with E-state index in [0.29, 0.717) is 17.9 Å². The Bertz CT molecular complexity index is 406. The van der Waals surface area contributed by atoms with Gasteiger partial charge in [-0.1, -0.05) is 17.7 Å². The lowest BCUT2D eigenvalue weighted by Gasteiger charge is -2.04. The number of unbranched alkanes of at least 4 members (excludes halogenated alkanes) is 1. The predicted octanol–water partition coefficient (Wildman–Crippen LogP) is 2.20. The fourth-order valence-corrected chi connectivity index (χ4v) is 2.77. The standard InChI is InChI=1S/C12H18O3S/c1-11-5-7-12(8-6-11)16(13,14)10-4-3-9-15-2/h5-8H,3-4,9-10H2,1-2H3. The molecular formula is C12H18O3S. The summed E-state index contributed by atoms with van der Waals surface area (Å²) < 4.78 is 28.6. The Kier molecular flexibility index (Phi) is 4.96. The number of hydrogen-bond donors (Lipinski definition) is 0. The molecule has 0 heterocycles. The van der Waals surface area contributed by atoms with Crippen LogP contribution in [0.4, 0.5) is 0 Å². The van der Waals surface area contributed by atoms with Crippen LogP contribution in [-0.2, 0) is 14.6 Å². The summed E-state index contributed by atoms with van der Waals surface area (Å²) in [5.41, 5.74) is 1.07. The summed E-state index contributed by atoms with van der Waals surface area (Å²) in [4.78, 5) is 0.413. The average Bonchev–Trinajstić information content (AvgIpc) is 2.25. The molecule has 0 radical (unpaired) electrons. The molecule has 0 saturated carbocycles. The fourth-order valence-electron chi connectivity index (χ4n) is 1.40. The van der Waals surface area contributed by atoms with Gasteiger partial charge in [-0.3, -0.25) is 0 Å². The predicted molar refractivity (Wildman–Crippen MR) is 64.3 cm³/mol. The van der Waals surface area contributed by atoms with Crippen LogP contribution < -0.4 is 0 Å². The minimum Gasteiger partial charge on any atom is -0.385 e. The van der Waals surface area contributed by atoms with E-state index in [1.807, 2.05) is 19.1 Å². The van der Waals surface area contributed by atoms with E-state index in [1.54, 1.807) is 19.2 Å². The van der Waals surface area contributed by atoms with Gasteiger partial charge in [-0.2, -0.15) is 0 Å². The summed E-state index contributed by atoms with van der Waals surface area (Å²) in [5.74, 6) is 0.194. The van der Waals surface area contributed by atoms with Crippen molar-refractivity contribution >= 4 is 9.84 Å². The summed E-state index contributed by atoms with van der Waals surface area (Å²) in [6.07, 6.45) is 1.42. The second-order valence-corrected chi connectivity index (χ2v) is 5.94. The normalized spacial score (nSPS) is 11.6. The smallest absolute Gasteiger partial charge is 0.178 e. The zero-order valence-electron chi connectivity index (χ0n) is 9.77. The Morgan fingerprint density at radius 2 is 1.75 bits per heavy atom. The first-order valence-electron chi connectivity index (χ1n) is 5.34. The number of methoxy groups -OCH3 is 1. The molecule has 0 amide bonds. The number of aryl methyl sites for hydroxylation is 1. The molecule has 90 valence electrons. The lowest BCUT2D eigenvalue weighted by Crippen LogP contribution is -2.07. The van der Waals surface area contributed by atoms with Crippen LogP contribution in [0.3, 0.4) is 0 Å². The molecule has 0 aliphatic rings. The molecule has 0 aromatic heterocycles. The van der Waals surface area contributed by atoms with E-state index in [4.69, 9.17) is 4.74 Å².